The van der Waals surface area contributed by atoms with E-state index in [4.69, 9.17) is 4.74 Å². The van der Waals surface area contributed by atoms with E-state index in [1.54, 1.807) is 0 Å². The van der Waals surface area contributed by atoms with Crippen molar-refractivity contribution in [1.29, 1.82) is 0 Å². The Bertz CT molecular complexity index is 1080. The van der Waals surface area contributed by atoms with Gasteiger partial charge in [0.1, 0.15) is 6.10 Å². The standard InChI is InChI=1S/C54H97NO5/c1-4-7-10-13-16-19-21-23-25-27-28-30-32-34-37-40-43-46-52(57)51(49-56)55-53(58)48-50(45-42-39-36-18-15-12-9-6-3)60-54(59)47-44-41-38-35-33-31-29-26-24-22-20-17-14-11-8-5-2/h8,11-12,15,17,20,24,26,31,33,50-52,56-57H,4-7,9-10,13-14,16,18-19,21-23,25,27-30,32,34-49H2,1-3H3,(H,55,58)/b11-8+,15-12-,20-17+,26-24+,33-31+. The second-order valence-corrected chi connectivity index (χ2v) is 17.2. The summed E-state index contributed by atoms with van der Waals surface area (Å²) in [6.45, 7) is 6.29. The van der Waals surface area contributed by atoms with Crippen molar-refractivity contribution in [1.82, 2.24) is 5.32 Å². The lowest BCUT2D eigenvalue weighted by molar-refractivity contribution is -0.151. The Morgan fingerprint density at radius 2 is 0.933 bits per heavy atom. The molecule has 0 saturated carbocycles. The minimum absolute atomic E-state index is 0.0519. The first-order chi connectivity index (χ1) is 29.5. The first-order valence-electron chi connectivity index (χ1n) is 25.5. The van der Waals surface area contributed by atoms with Crippen molar-refractivity contribution in [3.05, 3.63) is 60.8 Å². The number of amides is 1. The Kier molecular flexibility index (Phi) is 45.7. The van der Waals surface area contributed by atoms with Crippen LogP contribution in [0.2, 0.25) is 0 Å². The molecule has 6 nitrogen and oxygen atoms in total. The number of unbranched alkanes of at least 4 members (excludes halogenated alkanes) is 23. The van der Waals surface area contributed by atoms with Gasteiger partial charge in [0.2, 0.25) is 5.91 Å². The molecule has 0 aromatic carbocycles. The van der Waals surface area contributed by atoms with Gasteiger partial charge in [-0.05, 0) is 83.5 Å². The van der Waals surface area contributed by atoms with Gasteiger partial charge in [0.15, 0.2) is 0 Å². The fourth-order valence-electron chi connectivity index (χ4n) is 7.48. The Hall–Kier alpha value is -2.44. The van der Waals surface area contributed by atoms with Crippen LogP contribution in [0.15, 0.2) is 60.8 Å². The summed E-state index contributed by atoms with van der Waals surface area (Å²) in [4.78, 5) is 26.0. The third-order valence-corrected chi connectivity index (χ3v) is 11.3. The Morgan fingerprint density at radius 3 is 1.45 bits per heavy atom. The molecule has 0 aliphatic carbocycles. The normalized spacial score (nSPS) is 13.8. The maximum absolute atomic E-state index is 13.1. The Labute approximate surface area is 371 Å². The summed E-state index contributed by atoms with van der Waals surface area (Å²) >= 11 is 0. The second-order valence-electron chi connectivity index (χ2n) is 17.2. The zero-order valence-corrected chi connectivity index (χ0v) is 39.6. The van der Waals surface area contributed by atoms with E-state index in [-0.39, 0.29) is 24.9 Å². The van der Waals surface area contributed by atoms with Gasteiger partial charge in [0.25, 0.3) is 0 Å². The molecule has 3 unspecified atom stereocenters. The number of hydrogen-bond donors (Lipinski definition) is 3. The summed E-state index contributed by atoms with van der Waals surface area (Å²) in [6.07, 6.45) is 58.7. The number of ether oxygens (including phenoxy) is 1. The highest BCUT2D eigenvalue weighted by atomic mass is 16.5. The largest absolute Gasteiger partial charge is 0.462 e. The monoisotopic (exact) mass is 840 g/mol. The molecule has 0 aliphatic rings. The number of carbonyl (C=O) groups excluding carboxylic acids is 2. The third kappa shape index (κ3) is 42.3. The zero-order chi connectivity index (χ0) is 43.8. The van der Waals surface area contributed by atoms with Crippen LogP contribution >= 0.6 is 0 Å². The SMILES string of the molecule is CC/C=C/C/C=C/C/C=C/C/C=C/CCCCCC(=O)OC(CCCCC/C=C\CCC)CC(=O)NC(CO)C(O)CCCCCCCCCCCCCCCCCCC. The third-order valence-electron chi connectivity index (χ3n) is 11.3. The van der Waals surface area contributed by atoms with E-state index in [0.717, 1.165) is 109 Å². The van der Waals surface area contributed by atoms with Crippen LogP contribution in [0.4, 0.5) is 0 Å². The molecule has 0 saturated heterocycles. The van der Waals surface area contributed by atoms with Gasteiger partial charge in [0, 0.05) is 6.42 Å². The molecule has 6 heteroatoms. The molecule has 0 rings (SSSR count). The number of allylic oxidation sites excluding steroid dienone is 10. The summed E-state index contributed by atoms with van der Waals surface area (Å²) in [7, 11) is 0. The molecule has 3 atom stereocenters. The number of carbonyl (C=O) groups is 2. The molecule has 3 N–H and O–H groups in total. The van der Waals surface area contributed by atoms with Gasteiger partial charge >= 0.3 is 5.97 Å². The molecule has 0 heterocycles. The maximum atomic E-state index is 13.1. The van der Waals surface area contributed by atoms with Crippen LogP contribution in [-0.2, 0) is 14.3 Å². The van der Waals surface area contributed by atoms with E-state index < -0.39 is 18.2 Å². The van der Waals surface area contributed by atoms with Crippen molar-refractivity contribution < 1.29 is 24.5 Å². The minimum atomic E-state index is -0.797. The highest BCUT2D eigenvalue weighted by Crippen LogP contribution is 2.17. The van der Waals surface area contributed by atoms with Gasteiger partial charge in [-0.15, -0.1) is 0 Å². The summed E-state index contributed by atoms with van der Waals surface area (Å²) < 4.78 is 5.88. The Morgan fingerprint density at radius 1 is 0.500 bits per heavy atom. The Balaban J connectivity index is 4.44. The molecule has 0 aromatic rings. The summed E-state index contributed by atoms with van der Waals surface area (Å²) in [5.41, 5.74) is 0. The van der Waals surface area contributed by atoms with Crippen LogP contribution in [0.25, 0.3) is 0 Å². The van der Waals surface area contributed by atoms with Crippen LogP contribution < -0.4 is 5.32 Å². The number of esters is 1. The number of hydrogen-bond acceptors (Lipinski definition) is 5. The van der Waals surface area contributed by atoms with Crippen molar-refractivity contribution in [3.63, 3.8) is 0 Å². The number of rotatable bonds is 45. The van der Waals surface area contributed by atoms with Gasteiger partial charge in [-0.3, -0.25) is 9.59 Å². The maximum Gasteiger partial charge on any atom is 0.306 e. The van der Waals surface area contributed by atoms with Crippen LogP contribution in [-0.4, -0.2) is 46.9 Å². The zero-order valence-electron chi connectivity index (χ0n) is 39.6. The van der Waals surface area contributed by atoms with Crippen molar-refractivity contribution in [3.8, 4) is 0 Å². The van der Waals surface area contributed by atoms with Gasteiger partial charge in [-0.1, -0.05) is 210 Å². The lowest BCUT2D eigenvalue weighted by Gasteiger charge is -2.24. The van der Waals surface area contributed by atoms with Crippen molar-refractivity contribution >= 4 is 11.9 Å². The van der Waals surface area contributed by atoms with E-state index in [9.17, 15) is 19.8 Å². The van der Waals surface area contributed by atoms with E-state index in [2.05, 4.69) is 86.8 Å². The fraction of sp³-hybridized carbons (Fsp3) is 0.778. The minimum Gasteiger partial charge on any atom is -0.462 e. The van der Waals surface area contributed by atoms with Crippen molar-refractivity contribution in [2.75, 3.05) is 6.61 Å². The summed E-state index contributed by atoms with van der Waals surface area (Å²) in [5.74, 6) is -0.530. The van der Waals surface area contributed by atoms with Gasteiger partial charge in [-0.2, -0.15) is 0 Å². The van der Waals surface area contributed by atoms with Crippen LogP contribution in [0, 0.1) is 0 Å². The first kappa shape index (κ1) is 57.6. The smallest absolute Gasteiger partial charge is 0.306 e. The number of nitrogens with one attached hydrogen (secondary N) is 1. The van der Waals surface area contributed by atoms with Crippen molar-refractivity contribution in [2.45, 2.75) is 264 Å². The molecule has 0 bridgehead atoms. The highest BCUT2D eigenvalue weighted by Gasteiger charge is 2.24. The molecule has 60 heavy (non-hydrogen) atoms. The predicted octanol–water partition coefficient (Wildman–Crippen LogP) is 15.2. The van der Waals surface area contributed by atoms with E-state index >= 15 is 0 Å². The molecule has 0 spiro atoms. The first-order valence-corrected chi connectivity index (χ1v) is 25.5. The average Bonchev–Trinajstić information content (AvgIpc) is 3.24. The molecular formula is C54H97NO5. The molecule has 348 valence electrons. The fourth-order valence-corrected chi connectivity index (χ4v) is 7.48. The number of aliphatic hydroxyl groups is 2. The molecule has 0 radical (unpaired) electrons. The molecule has 0 aliphatic heterocycles. The number of aliphatic hydroxyl groups excluding tert-OH is 2. The second kappa shape index (κ2) is 47.6. The highest BCUT2D eigenvalue weighted by molar-refractivity contribution is 5.77. The van der Waals surface area contributed by atoms with Crippen molar-refractivity contribution in [2.24, 2.45) is 0 Å². The summed E-state index contributed by atoms with van der Waals surface area (Å²) in [5, 5.41) is 23.7. The van der Waals surface area contributed by atoms with Crippen LogP contribution in [0.3, 0.4) is 0 Å². The average molecular weight is 840 g/mol. The van der Waals surface area contributed by atoms with Gasteiger partial charge in [0.05, 0.1) is 25.2 Å². The quantitative estimate of drug-likeness (QED) is 0.0322. The van der Waals surface area contributed by atoms with E-state index in [1.807, 2.05) is 0 Å². The predicted molar refractivity (Wildman–Crippen MR) is 259 cm³/mol. The van der Waals surface area contributed by atoms with Gasteiger partial charge in [-0.25, -0.2) is 0 Å². The molecule has 1 amide bonds. The topological polar surface area (TPSA) is 95.9 Å². The van der Waals surface area contributed by atoms with Crippen LogP contribution in [0.5, 0.6) is 0 Å². The molecule has 0 aromatic heterocycles. The molecular weight excluding hydrogens is 743 g/mol. The lowest BCUT2D eigenvalue weighted by Crippen LogP contribution is -2.46. The molecule has 0 fully saturated rings. The lowest BCUT2D eigenvalue weighted by atomic mass is 10.0. The van der Waals surface area contributed by atoms with Crippen LogP contribution in [0.1, 0.15) is 245 Å². The van der Waals surface area contributed by atoms with E-state index in [0.29, 0.717) is 19.3 Å². The van der Waals surface area contributed by atoms with Gasteiger partial charge < -0.3 is 20.3 Å². The van der Waals surface area contributed by atoms with E-state index in [1.165, 1.54) is 89.9 Å². The summed E-state index contributed by atoms with van der Waals surface area (Å²) in [6, 6.07) is -0.713.